The molecule has 1 aliphatic heterocycles. The van der Waals surface area contributed by atoms with Crippen molar-refractivity contribution in [3.8, 4) is 0 Å². The summed E-state index contributed by atoms with van der Waals surface area (Å²) in [6.07, 6.45) is 2.09. The van der Waals surface area contributed by atoms with E-state index in [1.165, 1.54) is 0 Å². The third kappa shape index (κ3) is 3.39. The average molecular weight is 319 g/mol. The maximum atomic E-state index is 12.4. The molecule has 2 N–H and O–H groups in total. The third-order valence-corrected chi connectivity index (χ3v) is 6.32. The average Bonchev–Trinajstić information content (AvgIpc) is 2.72. The van der Waals surface area contributed by atoms with Gasteiger partial charge in [-0.05, 0) is 44.1 Å². The van der Waals surface area contributed by atoms with Crippen LogP contribution in [0.15, 0.2) is 9.31 Å². The zero-order chi connectivity index (χ0) is 14.8. The van der Waals surface area contributed by atoms with Gasteiger partial charge in [0.1, 0.15) is 16.4 Å². The lowest BCUT2D eigenvalue weighted by Crippen LogP contribution is -2.31. The summed E-state index contributed by atoms with van der Waals surface area (Å²) in [5.74, 6) is 3.38. The smallest absolute Gasteiger partial charge is 0.244 e. The van der Waals surface area contributed by atoms with Crippen LogP contribution in [0.5, 0.6) is 0 Å². The minimum Gasteiger partial charge on any atom is -0.465 e. The third-order valence-electron chi connectivity index (χ3n) is 3.65. The van der Waals surface area contributed by atoms with Gasteiger partial charge in [-0.25, -0.2) is 13.1 Å². The molecule has 1 aromatic heterocycles. The highest BCUT2D eigenvalue weighted by Gasteiger charge is 2.27. The molecule has 0 aliphatic carbocycles. The zero-order valence-corrected chi connectivity index (χ0v) is 13.4. The molecule has 2 heterocycles. The fourth-order valence-corrected chi connectivity index (χ4v) is 5.25. The number of aliphatic hydroxyl groups excluding tert-OH is 1. The van der Waals surface area contributed by atoms with E-state index in [9.17, 15) is 13.5 Å². The highest BCUT2D eigenvalue weighted by atomic mass is 32.2. The van der Waals surface area contributed by atoms with Gasteiger partial charge in [-0.15, -0.1) is 0 Å². The molecular weight excluding hydrogens is 298 g/mol. The summed E-state index contributed by atoms with van der Waals surface area (Å²) in [7, 11) is -3.62. The van der Waals surface area contributed by atoms with Gasteiger partial charge >= 0.3 is 0 Å². The lowest BCUT2D eigenvalue weighted by Gasteiger charge is -2.21. The highest BCUT2D eigenvalue weighted by Crippen LogP contribution is 2.27. The minimum absolute atomic E-state index is 0.0997. The lowest BCUT2D eigenvalue weighted by atomic mass is 10.0. The molecular formula is C13H21NO4S2. The topological polar surface area (TPSA) is 79.5 Å². The van der Waals surface area contributed by atoms with E-state index in [1.807, 2.05) is 11.8 Å². The summed E-state index contributed by atoms with van der Waals surface area (Å²) in [6, 6.07) is 0. The second-order valence-electron chi connectivity index (χ2n) is 5.09. The number of aliphatic hydroxyl groups is 1. The first-order valence-electron chi connectivity index (χ1n) is 6.73. The van der Waals surface area contributed by atoms with Crippen molar-refractivity contribution in [2.75, 3.05) is 18.1 Å². The molecule has 0 amide bonds. The van der Waals surface area contributed by atoms with E-state index in [1.54, 1.807) is 13.8 Å². The number of hydrogen-bond acceptors (Lipinski definition) is 5. The van der Waals surface area contributed by atoms with Gasteiger partial charge in [0.05, 0.1) is 6.61 Å². The Morgan fingerprint density at radius 2 is 1.95 bits per heavy atom. The Kier molecular flexibility index (Phi) is 5.17. The fraction of sp³-hybridized carbons (Fsp3) is 0.692. The molecule has 1 fully saturated rings. The molecule has 7 heteroatoms. The van der Waals surface area contributed by atoms with Gasteiger partial charge < -0.3 is 9.52 Å². The molecule has 0 radical (unpaired) electrons. The number of thioether (sulfide) groups is 1. The van der Waals surface area contributed by atoms with E-state index >= 15 is 0 Å². The van der Waals surface area contributed by atoms with Crippen LogP contribution in [0.2, 0.25) is 0 Å². The first-order chi connectivity index (χ1) is 9.45. The molecule has 1 saturated heterocycles. The highest BCUT2D eigenvalue weighted by molar-refractivity contribution is 7.99. The molecule has 0 aromatic carbocycles. The summed E-state index contributed by atoms with van der Waals surface area (Å²) in [6.45, 7) is 3.39. The SMILES string of the molecule is Cc1oc(C)c(S(=O)(=O)NCC2CCSCC2)c1CO. The van der Waals surface area contributed by atoms with Crippen LogP contribution in [0, 0.1) is 19.8 Å². The maximum absolute atomic E-state index is 12.4. The molecule has 20 heavy (non-hydrogen) atoms. The first kappa shape index (κ1) is 15.9. The van der Waals surface area contributed by atoms with Crippen LogP contribution in [0.3, 0.4) is 0 Å². The summed E-state index contributed by atoms with van der Waals surface area (Å²) < 4.78 is 32.8. The van der Waals surface area contributed by atoms with E-state index in [0.717, 1.165) is 24.3 Å². The fourth-order valence-electron chi connectivity index (χ4n) is 2.49. The van der Waals surface area contributed by atoms with E-state index < -0.39 is 10.0 Å². The Hall–Kier alpha value is -0.500. The molecule has 0 bridgehead atoms. The van der Waals surface area contributed by atoms with Crippen molar-refractivity contribution in [1.29, 1.82) is 0 Å². The van der Waals surface area contributed by atoms with Crippen molar-refractivity contribution in [2.24, 2.45) is 5.92 Å². The zero-order valence-electron chi connectivity index (χ0n) is 11.8. The number of furan rings is 1. The Bertz CT molecular complexity index is 559. The van der Waals surface area contributed by atoms with Gasteiger partial charge in [-0.3, -0.25) is 0 Å². The number of aryl methyl sites for hydroxylation is 2. The number of rotatable bonds is 5. The normalized spacial score (nSPS) is 17.6. The molecule has 1 aliphatic rings. The predicted octanol–water partition coefficient (Wildman–Crippen LogP) is 1.81. The Labute approximate surface area is 124 Å². The van der Waals surface area contributed by atoms with Crippen molar-refractivity contribution >= 4 is 21.8 Å². The molecule has 1 aromatic rings. The van der Waals surface area contributed by atoms with Crippen molar-refractivity contribution in [3.05, 3.63) is 17.1 Å². The van der Waals surface area contributed by atoms with Gasteiger partial charge in [0.2, 0.25) is 10.0 Å². The standard InChI is InChI=1S/C13H21NO4S2/c1-9-12(8-15)13(10(2)18-9)20(16,17)14-7-11-3-5-19-6-4-11/h11,14-15H,3-8H2,1-2H3. The van der Waals surface area contributed by atoms with E-state index in [2.05, 4.69) is 4.72 Å². The van der Waals surface area contributed by atoms with Crippen LogP contribution in [-0.4, -0.2) is 31.6 Å². The summed E-state index contributed by atoms with van der Waals surface area (Å²) in [5.41, 5.74) is 0.356. The van der Waals surface area contributed by atoms with Crippen molar-refractivity contribution in [3.63, 3.8) is 0 Å². The molecule has 0 atom stereocenters. The predicted molar refractivity (Wildman–Crippen MR) is 79.3 cm³/mol. The molecule has 0 unspecified atom stereocenters. The lowest BCUT2D eigenvalue weighted by molar-refractivity contribution is 0.276. The number of nitrogens with one attached hydrogen (secondary N) is 1. The van der Waals surface area contributed by atoms with Crippen LogP contribution in [0.1, 0.15) is 29.9 Å². The van der Waals surface area contributed by atoms with E-state index in [0.29, 0.717) is 29.5 Å². The minimum atomic E-state index is -3.62. The Morgan fingerprint density at radius 3 is 2.55 bits per heavy atom. The van der Waals surface area contributed by atoms with Crippen LogP contribution in [0.4, 0.5) is 0 Å². The second kappa shape index (κ2) is 6.51. The maximum Gasteiger partial charge on any atom is 0.244 e. The van der Waals surface area contributed by atoms with Gasteiger partial charge in [-0.1, -0.05) is 0 Å². The molecule has 114 valence electrons. The molecule has 2 rings (SSSR count). The van der Waals surface area contributed by atoms with Crippen LogP contribution in [-0.2, 0) is 16.6 Å². The number of sulfonamides is 1. The monoisotopic (exact) mass is 319 g/mol. The first-order valence-corrected chi connectivity index (χ1v) is 9.36. The van der Waals surface area contributed by atoms with Gasteiger partial charge in [0, 0.05) is 12.1 Å². The Balaban J connectivity index is 2.13. The summed E-state index contributed by atoms with van der Waals surface area (Å²) in [4.78, 5) is 0.0997. The van der Waals surface area contributed by atoms with Gasteiger partial charge in [0.15, 0.2) is 0 Å². The van der Waals surface area contributed by atoms with Gasteiger partial charge in [0.25, 0.3) is 0 Å². The van der Waals surface area contributed by atoms with Gasteiger partial charge in [-0.2, -0.15) is 11.8 Å². The molecule has 5 nitrogen and oxygen atoms in total. The summed E-state index contributed by atoms with van der Waals surface area (Å²) in [5, 5.41) is 9.34. The van der Waals surface area contributed by atoms with Crippen molar-refractivity contribution < 1.29 is 17.9 Å². The van der Waals surface area contributed by atoms with Crippen LogP contribution < -0.4 is 4.72 Å². The van der Waals surface area contributed by atoms with Crippen molar-refractivity contribution in [2.45, 2.75) is 38.2 Å². The Morgan fingerprint density at radius 1 is 1.30 bits per heavy atom. The van der Waals surface area contributed by atoms with Crippen molar-refractivity contribution in [1.82, 2.24) is 4.72 Å². The summed E-state index contributed by atoms with van der Waals surface area (Å²) >= 11 is 1.91. The second-order valence-corrected chi connectivity index (χ2v) is 8.02. The van der Waals surface area contributed by atoms with Crippen LogP contribution >= 0.6 is 11.8 Å². The van der Waals surface area contributed by atoms with Crippen LogP contribution in [0.25, 0.3) is 0 Å². The molecule has 0 saturated carbocycles. The van der Waals surface area contributed by atoms with E-state index in [-0.39, 0.29) is 11.5 Å². The quantitative estimate of drug-likeness (QED) is 0.865. The molecule has 0 spiro atoms. The largest absolute Gasteiger partial charge is 0.465 e. The van der Waals surface area contributed by atoms with E-state index in [4.69, 9.17) is 4.42 Å². The number of hydrogen-bond donors (Lipinski definition) is 2.